The fourth-order valence-electron chi connectivity index (χ4n) is 2.16. The van der Waals surface area contributed by atoms with Gasteiger partial charge in [0.05, 0.1) is 5.92 Å². The molecule has 0 aromatic rings. The van der Waals surface area contributed by atoms with Crippen LogP contribution in [0.25, 0.3) is 0 Å². The lowest BCUT2D eigenvalue weighted by Crippen LogP contribution is -2.58. The number of nitrogens with one attached hydrogen (secondary N) is 1. The summed E-state index contributed by atoms with van der Waals surface area (Å²) in [7, 11) is 0. The molecule has 0 aromatic heterocycles. The molecule has 0 aromatic carbocycles. The van der Waals surface area contributed by atoms with Crippen LogP contribution in [0.3, 0.4) is 0 Å². The molecule has 1 amide bonds. The topological polar surface area (TPSA) is 29.1 Å². The molecule has 2 nitrogen and oxygen atoms in total. The van der Waals surface area contributed by atoms with Crippen molar-refractivity contribution in [2.75, 3.05) is 0 Å². The normalized spacial score (nSPS) is 37.6. The summed E-state index contributed by atoms with van der Waals surface area (Å²) in [5, 5.41) is 2.97. The number of carbonyl (C=O) groups is 1. The lowest BCUT2D eigenvalue weighted by atomic mass is 9.81. The van der Waals surface area contributed by atoms with Crippen molar-refractivity contribution < 1.29 is 4.79 Å². The fraction of sp³-hybridized carbons (Fsp3) is 0.889. The Labute approximate surface area is 67.4 Å². The van der Waals surface area contributed by atoms with Crippen LogP contribution in [-0.2, 0) is 4.79 Å². The first-order valence-corrected chi connectivity index (χ1v) is 4.68. The summed E-state index contributed by atoms with van der Waals surface area (Å²) >= 11 is 0. The Bertz CT molecular complexity index is 167. The highest BCUT2D eigenvalue weighted by molar-refractivity contribution is 5.85. The summed E-state index contributed by atoms with van der Waals surface area (Å²) in [5.74, 6) is 0.687. The van der Waals surface area contributed by atoms with Gasteiger partial charge in [0.25, 0.3) is 0 Å². The minimum Gasteiger partial charge on any atom is -0.352 e. The Hall–Kier alpha value is -0.530. The van der Waals surface area contributed by atoms with Gasteiger partial charge in [-0.2, -0.15) is 0 Å². The van der Waals surface area contributed by atoms with Gasteiger partial charge in [0, 0.05) is 6.04 Å². The second-order valence-corrected chi connectivity index (χ2v) is 3.71. The second kappa shape index (κ2) is 2.84. The molecule has 1 heterocycles. The summed E-state index contributed by atoms with van der Waals surface area (Å²) in [6.07, 6.45) is 7.61. The zero-order chi connectivity index (χ0) is 7.68. The Kier molecular flexibility index (Phi) is 1.84. The van der Waals surface area contributed by atoms with E-state index in [1.165, 1.54) is 32.1 Å². The molecule has 0 radical (unpaired) electrons. The van der Waals surface area contributed by atoms with Crippen molar-refractivity contribution in [2.24, 2.45) is 5.92 Å². The Morgan fingerprint density at radius 2 is 1.82 bits per heavy atom. The van der Waals surface area contributed by atoms with Crippen molar-refractivity contribution in [1.29, 1.82) is 0 Å². The molecule has 1 N–H and O–H groups in total. The van der Waals surface area contributed by atoms with Gasteiger partial charge >= 0.3 is 0 Å². The molecule has 1 saturated carbocycles. The zero-order valence-electron chi connectivity index (χ0n) is 6.81. The Morgan fingerprint density at radius 1 is 1.09 bits per heavy atom. The number of hydrogen-bond acceptors (Lipinski definition) is 1. The summed E-state index contributed by atoms with van der Waals surface area (Å²) in [6, 6.07) is 0.544. The van der Waals surface area contributed by atoms with Crippen LogP contribution in [0.15, 0.2) is 0 Å². The first kappa shape index (κ1) is 7.14. The molecule has 11 heavy (non-hydrogen) atoms. The standard InChI is InChI=1S/C9H15NO/c11-9-7-5-3-1-2-4-6-8(7)10-9/h7-8H,1-6H2,(H,10,11)/t7-,8-/m1/s1. The van der Waals surface area contributed by atoms with E-state index in [0.717, 1.165) is 6.42 Å². The number of β-lactam (4-membered cyclic amide) rings is 1. The van der Waals surface area contributed by atoms with E-state index < -0.39 is 0 Å². The predicted molar refractivity (Wildman–Crippen MR) is 43.1 cm³/mol. The summed E-state index contributed by atoms with van der Waals surface area (Å²) in [5.41, 5.74) is 0. The van der Waals surface area contributed by atoms with Gasteiger partial charge < -0.3 is 5.32 Å². The van der Waals surface area contributed by atoms with Crippen LogP contribution in [-0.4, -0.2) is 11.9 Å². The van der Waals surface area contributed by atoms with E-state index in [4.69, 9.17) is 0 Å². The zero-order valence-corrected chi connectivity index (χ0v) is 6.81. The molecule has 2 fully saturated rings. The number of carbonyl (C=O) groups excluding carboxylic acids is 1. The van der Waals surface area contributed by atoms with E-state index in [9.17, 15) is 4.79 Å². The third-order valence-electron chi connectivity index (χ3n) is 2.93. The molecular formula is C9H15NO. The smallest absolute Gasteiger partial charge is 0.225 e. The summed E-state index contributed by atoms with van der Waals surface area (Å²) in [4.78, 5) is 11.0. The third kappa shape index (κ3) is 1.26. The van der Waals surface area contributed by atoms with Crippen molar-refractivity contribution in [3.63, 3.8) is 0 Å². The molecule has 2 aliphatic rings. The molecule has 2 heteroatoms. The lowest BCUT2D eigenvalue weighted by Gasteiger charge is -2.38. The van der Waals surface area contributed by atoms with Gasteiger partial charge in [-0.1, -0.05) is 25.7 Å². The van der Waals surface area contributed by atoms with Gasteiger partial charge in [0.2, 0.25) is 5.91 Å². The van der Waals surface area contributed by atoms with Crippen molar-refractivity contribution in [1.82, 2.24) is 5.32 Å². The van der Waals surface area contributed by atoms with E-state index in [2.05, 4.69) is 5.32 Å². The van der Waals surface area contributed by atoms with Crippen LogP contribution in [0.4, 0.5) is 0 Å². The SMILES string of the molecule is O=C1N[C@@H]2CCCCCC[C@@H]12. The van der Waals surface area contributed by atoms with Crippen LogP contribution in [0.1, 0.15) is 38.5 Å². The van der Waals surface area contributed by atoms with Crippen LogP contribution in [0.5, 0.6) is 0 Å². The number of rotatable bonds is 0. The van der Waals surface area contributed by atoms with Crippen molar-refractivity contribution in [2.45, 2.75) is 44.6 Å². The van der Waals surface area contributed by atoms with Crippen molar-refractivity contribution in [3.05, 3.63) is 0 Å². The van der Waals surface area contributed by atoms with Crippen molar-refractivity contribution >= 4 is 5.91 Å². The van der Waals surface area contributed by atoms with Crippen LogP contribution >= 0.6 is 0 Å². The third-order valence-corrected chi connectivity index (χ3v) is 2.93. The number of fused-ring (bicyclic) bond motifs is 1. The molecule has 0 unspecified atom stereocenters. The predicted octanol–water partition coefficient (Wildman–Crippen LogP) is 1.46. The first-order valence-electron chi connectivity index (χ1n) is 4.68. The van der Waals surface area contributed by atoms with E-state index in [-0.39, 0.29) is 0 Å². The average molecular weight is 153 g/mol. The summed E-state index contributed by atoms with van der Waals surface area (Å²) < 4.78 is 0. The van der Waals surface area contributed by atoms with Gasteiger partial charge in [0.1, 0.15) is 0 Å². The fourth-order valence-corrected chi connectivity index (χ4v) is 2.16. The molecule has 1 aliphatic heterocycles. The molecule has 1 aliphatic carbocycles. The lowest BCUT2D eigenvalue weighted by molar-refractivity contribution is -0.135. The quantitative estimate of drug-likeness (QED) is 0.524. The van der Waals surface area contributed by atoms with Crippen molar-refractivity contribution in [3.8, 4) is 0 Å². The highest BCUT2D eigenvalue weighted by Crippen LogP contribution is 2.28. The van der Waals surface area contributed by atoms with Gasteiger partial charge in [-0.3, -0.25) is 4.79 Å². The molecule has 0 bridgehead atoms. The molecule has 62 valence electrons. The first-order chi connectivity index (χ1) is 5.38. The number of hydrogen-bond donors (Lipinski definition) is 1. The maximum Gasteiger partial charge on any atom is 0.225 e. The molecule has 1 saturated heterocycles. The van der Waals surface area contributed by atoms with E-state index in [1.54, 1.807) is 0 Å². The van der Waals surface area contributed by atoms with Crippen LogP contribution < -0.4 is 5.32 Å². The summed E-state index contributed by atoms with van der Waals surface area (Å²) in [6.45, 7) is 0. The van der Waals surface area contributed by atoms with E-state index in [1.807, 2.05) is 0 Å². The maximum absolute atomic E-state index is 11.0. The van der Waals surface area contributed by atoms with Crippen LogP contribution in [0, 0.1) is 5.92 Å². The monoisotopic (exact) mass is 153 g/mol. The second-order valence-electron chi connectivity index (χ2n) is 3.71. The van der Waals surface area contributed by atoms with Gasteiger partial charge in [-0.25, -0.2) is 0 Å². The minimum atomic E-state index is 0.303. The molecule has 0 spiro atoms. The maximum atomic E-state index is 11.0. The molecule has 2 rings (SSSR count). The van der Waals surface area contributed by atoms with Gasteiger partial charge in [-0.05, 0) is 12.8 Å². The van der Waals surface area contributed by atoms with E-state index >= 15 is 0 Å². The highest BCUT2D eigenvalue weighted by atomic mass is 16.2. The van der Waals surface area contributed by atoms with Gasteiger partial charge in [-0.15, -0.1) is 0 Å². The highest BCUT2D eigenvalue weighted by Gasteiger charge is 2.38. The minimum absolute atomic E-state index is 0.303. The molecular weight excluding hydrogens is 138 g/mol. The van der Waals surface area contributed by atoms with Gasteiger partial charge in [0.15, 0.2) is 0 Å². The van der Waals surface area contributed by atoms with Crippen LogP contribution in [0.2, 0.25) is 0 Å². The number of amides is 1. The Balaban J connectivity index is 1.92. The average Bonchev–Trinajstić information content (AvgIpc) is 1.96. The Morgan fingerprint density at radius 3 is 2.55 bits per heavy atom. The molecule has 2 atom stereocenters. The van der Waals surface area contributed by atoms with E-state index in [0.29, 0.717) is 17.9 Å². The largest absolute Gasteiger partial charge is 0.352 e.